The largest absolute Gasteiger partial charge is 0.480 e. The number of halogens is 1. The number of allylic oxidation sites excluding steroid dienone is 1. The highest BCUT2D eigenvalue weighted by atomic mass is 35.5. The van der Waals surface area contributed by atoms with Crippen LogP contribution in [0.1, 0.15) is 34.3 Å². The van der Waals surface area contributed by atoms with Crippen molar-refractivity contribution in [1.29, 1.82) is 0 Å². The van der Waals surface area contributed by atoms with Gasteiger partial charge in [-0.2, -0.15) is 4.98 Å². The van der Waals surface area contributed by atoms with Gasteiger partial charge in [0.05, 0.1) is 12.2 Å². The third-order valence-electron chi connectivity index (χ3n) is 8.91. The summed E-state index contributed by atoms with van der Waals surface area (Å²) in [5.74, 6) is -0.0364. The minimum Gasteiger partial charge on any atom is -0.480 e. The van der Waals surface area contributed by atoms with Crippen LogP contribution in [0.15, 0.2) is 48.4 Å². The van der Waals surface area contributed by atoms with E-state index in [1.807, 2.05) is 61.3 Å². The number of amides is 3. The lowest BCUT2D eigenvalue weighted by Gasteiger charge is -2.36. The second-order valence-corrected chi connectivity index (χ2v) is 13.1. The van der Waals surface area contributed by atoms with Gasteiger partial charge in [-0.1, -0.05) is 11.6 Å². The molecular weight excluding hydrogens is 690 g/mol. The Bertz CT molecular complexity index is 1860. The third kappa shape index (κ3) is 9.22. The lowest BCUT2D eigenvalue weighted by atomic mass is 10.0. The maximum Gasteiger partial charge on any atom is 0.257 e. The Morgan fingerprint density at radius 2 is 1.81 bits per heavy atom. The number of likely N-dealkylation sites (N-methyl/N-ethyl adjacent to an activating group) is 2. The molecule has 2 aromatic carbocycles. The Hall–Kier alpha value is -5.54. The van der Waals surface area contributed by atoms with Crippen molar-refractivity contribution < 1.29 is 28.7 Å². The van der Waals surface area contributed by atoms with Crippen LogP contribution in [0.25, 0.3) is 6.08 Å². The molecule has 1 aromatic heterocycles. The van der Waals surface area contributed by atoms with Crippen LogP contribution < -0.4 is 30.7 Å². The fraction of sp³-hybridized carbons (Fsp3) is 0.361. The van der Waals surface area contributed by atoms with Gasteiger partial charge in [0.2, 0.25) is 17.8 Å². The van der Waals surface area contributed by atoms with E-state index in [2.05, 4.69) is 30.7 Å². The van der Waals surface area contributed by atoms with Crippen molar-refractivity contribution in [3.63, 3.8) is 0 Å². The molecule has 3 aromatic rings. The second-order valence-electron chi connectivity index (χ2n) is 12.6. The standard InChI is InChI=1S/C36H42ClN9O6/c1-38-33(50)22-52-28(21-48)17-24-15-26(6-8-30(24)43(2)3)40-34-29(37)18-39-36(42-34)46-13-11-45(12-14-46)27-7-5-23(20-47)25(16-27)19-44(4)31-9-10-32(49)41-35(31)51/h5-8,15-18,20-21,31H,9-14,19,22H2,1-4H3,(H,38,50)(H,39,40,42)(H,41,49,51)/b28-17+. The minimum absolute atomic E-state index is 0.000754. The van der Waals surface area contributed by atoms with Crippen LogP contribution in [0, 0.1) is 0 Å². The Balaban J connectivity index is 1.27. The smallest absolute Gasteiger partial charge is 0.257 e. The van der Waals surface area contributed by atoms with Gasteiger partial charge in [-0.3, -0.25) is 34.2 Å². The van der Waals surface area contributed by atoms with Gasteiger partial charge in [-0.15, -0.1) is 0 Å². The number of nitrogens with zero attached hydrogens (tertiary/aromatic N) is 6. The van der Waals surface area contributed by atoms with E-state index in [-0.39, 0.29) is 36.5 Å². The topological polar surface area (TPSA) is 169 Å². The van der Waals surface area contributed by atoms with E-state index in [9.17, 15) is 24.0 Å². The zero-order chi connectivity index (χ0) is 37.4. The van der Waals surface area contributed by atoms with Gasteiger partial charge in [0, 0.05) is 88.5 Å². The number of hydrogen-bond donors (Lipinski definition) is 3. The summed E-state index contributed by atoms with van der Waals surface area (Å²) in [5, 5.41) is 8.44. The van der Waals surface area contributed by atoms with Crippen molar-refractivity contribution in [2.75, 3.05) is 81.0 Å². The molecule has 0 radical (unpaired) electrons. The van der Waals surface area contributed by atoms with E-state index in [1.165, 1.54) is 7.05 Å². The van der Waals surface area contributed by atoms with Crippen LogP contribution >= 0.6 is 11.6 Å². The summed E-state index contributed by atoms with van der Waals surface area (Å²) in [6, 6.07) is 10.8. The molecule has 0 spiro atoms. The predicted octanol–water partition coefficient (Wildman–Crippen LogP) is 2.62. The van der Waals surface area contributed by atoms with Crippen LogP contribution in [0.5, 0.6) is 0 Å². The number of hydrogen-bond acceptors (Lipinski definition) is 13. The fourth-order valence-corrected chi connectivity index (χ4v) is 6.20. The summed E-state index contributed by atoms with van der Waals surface area (Å²) in [5.41, 5.74) is 4.45. The number of nitrogens with one attached hydrogen (secondary N) is 3. The first-order valence-corrected chi connectivity index (χ1v) is 17.1. The first-order chi connectivity index (χ1) is 25.0. The predicted molar refractivity (Wildman–Crippen MR) is 199 cm³/mol. The number of aromatic nitrogens is 2. The Morgan fingerprint density at radius 3 is 2.48 bits per heavy atom. The Morgan fingerprint density at radius 1 is 1.06 bits per heavy atom. The van der Waals surface area contributed by atoms with Crippen molar-refractivity contribution in [1.82, 2.24) is 25.5 Å². The number of carbonyl (C=O) groups excluding carboxylic acids is 5. The molecule has 15 nitrogen and oxygen atoms in total. The number of piperazine rings is 1. The Labute approximate surface area is 306 Å². The average molecular weight is 732 g/mol. The van der Waals surface area contributed by atoms with Crippen LogP contribution in [0.2, 0.25) is 5.02 Å². The van der Waals surface area contributed by atoms with Gasteiger partial charge in [-0.05, 0) is 61.5 Å². The van der Waals surface area contributed by atoms with Gasteiger partial charge in [0.15, 0.2) is 24.5 Å². The molecule has 0 aliphatic carbocycles. The average Bonchev–Trinajstić information content (AvgIpc) is 3.14. The fourth-order valence-electron chi connectivity index (χ4n) is 6.06. The number of carbonyl (C=O) groups is 5. The molecule has 2 aliphatic rings. The molecule has 1 unspecified atom stereocenters. The second kappa shape index (κ2) is 17.1. The maximum absolute atomic E-state index is 12.4. The van der Waals surface area contributed by atoms with E-state index >= 15 is 0 Å². The lowest BCUT2D eigenvalue weighted by molar-refractivity contribution is -0.137. The van der Waals surface area contributed by atoms with Crippen molar-refractivity contribution in [3.05, 3.63) is 70.1 Å². The van der Waals surface area contributed by atoms with Gasteiger partial charge in [0.25, 0.3) is 5.91 Å². The number of piperidine rings is 1. The molecule has 3 heterocycles. The van der Waals surface area contributed by atoms with E-state index in [0.29, 0.717) is 79.0 Å². The summed E-state index contributed by atoms with van der Waals surface area (Å²) in [7, 11) is 7.06. The molecule has 52 heavy (non-hydrogen) atoms. The summed E-state index contributed by atoms with van der Waals surface area (Å²) in [4.78, 5) is 76.6. The molecule has 16 heteroatoms. The van der Waals surface area contributed by atoms with Crippen LogP contribution in [-0.2, 0) is 30.5 Å². The van der Waals surface area contributed by atoms with Crippen molar-refractivity contribution >= 4 is 76.8 Å². The highest BCUT2D eigenvalue weighted by Gasteiger charge is 2.30. The van der Waals surface area contributed by atoms with Gasteiger partial charge in [-0.25, -0.2) is 4.98 Å². The monoisotopic (exact) mass is 731 g/mol. The van der Waals surface area contributed by atoms with E-state index in [4.69, 9.17) is 21.3 Å². The minimum atomic E-state index is -0.448. The normalized spacial score (nSPS) is 16.3. The van der Waals surface area contributed by atoms with E-state index in [1.54, 1.807) is 18.3 Å². The van der Waals surface area contributed by atoms with Crippen molar-refractivity contribution in [2.45, 2.75) is 25.4 Å². The summed E-state index contributed by atoms with van der Waals surface area (Å²) in [6.45, 7) is 2.67. The number of imide groups is 1. The molecule has 2 aliphatic heterocycles. The summed E-state index contributed by atoms with van der Waals surface area (Å²) < 4.78 is 5.39. The molecule has 5 rings (SSSR count). The van der Waals surface area contributed by atoms with Crippen molar-refractivity contribution in [3.8, 4) is 0 Å². The van der Waals surface area contributed by atoms with Crippen LogP contribution in [0.4, 0.5) is 28.8 Å². The first-order valence-electron chi connectivity index (χ1n) is 16.7. The zero-order valence-electron chi connectivity index (χ0n) is 29.5. The van der Waals surface area contributed by atoms with Gasteiger partial charge in [0.1, 0.15) is 11.3 Å². The highest BCUT2D eigenvalue weighted by molar-refractivity contribution is 6.32. The third-order valence-corrected chi connectivity index (χ3v) is 9.19. The molecule has 0 bridgehead atoms. The van der Waals surface area contributed by atoms with Crippen molar-refractivity contribution in [2.24, 2.45) is 0 Å². The van der Waals surface area contributed by atoms with Crippen LogP contribution in [0.3, 0.4) is 0 Å². The lowest BCUT2D eigenvalue weighted by Crippen LogP contribution is -2.51. The first kappa shape index (κ1) is 37.7. The van der Waals surface area contributed by atoms with Crippen LogP contribution in [-0.4, -0.2) is 112 Å². The molecule has 274 valence electrons. The summed E-state index contributed by atoms with van der Waals surface area (Å²) in [6.07, 6.45) is 5.20. The van der Waals surface area contributed by atoms with E-state index < -0.39 is 6.04 Å². The molecule has 3 N–H and O–H groups in total. The maximum atomic E-state index is 12.4. The number of ether oxygens (including phenoxy) is 1. The highest BCUT2D eigenvalue weighted by Crippen LogP contribution is 2.30. The molecule has 3 amide bonds. The summed E-state index contributed by atoms with van der Waals surface area (Å²) >= 11 is 6.54. The SMILES string of the molecule is CNC(=O)CO/C(C=O)=C/c1cc(Nc2nc(N3CCN(c4ccc(C=O)c(CN(C)C5CCC(=O)NC5=O)c4)CC3)ncc2Cl)ccc1N(C)C. The molecular formula is C36H42ClN9O6. The van der Waals surface area contributed by atoms with Gasteiger partial charge >= 0.3 is 0 Å². The number of anilines is 5. The van der Waals surface area contributed by atoms with Gasteiger partial charge < -0.3 is 30.1 Å². The Kier molecular flexibility index (Phi) is 12.4. The quantitative estimate of drug-likeness (QED) is 0.0959. The number of benzene rings is 2. The molecule has 2 saturated heterocycles. The number of rotatable bonds is 14. The molecule has 2 fully saturated rings. The van der Waals surface area contributed by atoms with E-state index in [0.717, 1.165) is 23.2 Å². The molecule has 0 saturated carbocycles. The molecule has 1 atom stereocenters. The zero-order valence-corrected chi connectivity index (χ0v) is 30.3. The number of aldehydes is 2.